The van der Waals surface area contributed by atoms with E-state index in [1.165, 1.54) is 22.8 Å². The molecule has 0 radical (unpaired) electrons. The summed E-state index contributed by atoms with van der Waals surface area (Å²) in [7, 11) is 0. The van der Waals surface area contributed by atoms with Crippen molar-refractivity contribution in [2.24, 2.45) is 5.92 Å². The van der Waals surface area contributed by atoms with Crippen molar-refractivity contribution < 1.29 is 9.47 Å². The van der Waals surface area contributed by atoms with Gasteiger partial charge in [0.1, 0.15) is 11.5 Å². The van der Waals surface area contributed by atoms with Gasteiger partial charge in [-0.2, -0.15) is 0 Å². The molecule has 0 N–H and O–H groups in total. The molecule has 0 saturated heterocycles. The third kappa shape index (κ3) is 4.20. The molecule has 0 unspecified atom stereocenters. The van der Waals surface area contributed by atoms with Gasteiger partial charge in [0.15, 0.2) is 0 Å². The monoisotopic (exact) mass is 394 g/mol. The number of ether oxygens (including phenoxy) is 2. The molecular weight excluding hydrogens is 375 g/mol. The average Bonchev–Trinajstić information content (AvgIpc) is 2.47. The summed E-state index contributed by atoms with van der Waals surface area (Å²) in [5, 5.41) is 0. The topological polar surface area (TPSA) is 18.5 Å². The Morgan fingerprint density at radius 1 is 0.952 bits per heavy atom. The van der Waals surface area contributed by atoms with Crippen LogP contribution in [-0.2, 0) is 11.3 Å². The maximum atomic E-state index is 5.94. The van der Waals surface area contributed by atoms with E-state index < -0.39 is 0 Å². The van der Waals surface area contributed by atoms with Crippen molar-refractivity contribution in [3.8, 4) is 11.5 Å². The fourth-order valence-corrected chi connectivity index (χ4v) is 3.19. The van der Waals surface area contributed by atoms with Gasteiger partial charge in [0.05, 0.1) is 12.7 Å². The zero-order valence-electron chi connectivity index (χ0n) is 11.9. The molecule has 0 bridgehead atoms. The van der Waals surface area contributed by atoms with E-state index in [9.17, 15) is 0 Å². The third-order valence-electron chi connectivity index (χ3n) is 3.77. The number of hydrogen-bond acceptors (Lipinski definition) is 2. The Bertz CT molecular complexity index is 564. The summed E-state index contributed by atoms with van der Waals surface area (Å²) in [6, 6.07) is 18.0. The highest BCUT2D eigenvalue weighted by molar-refractivity contribution is 14.1. The van der Waals surface area contributed by atoms with Gasteiger partial charge in [-0.25, -0.2) is 0 Å². The SMILES string of the molecule is ICC1CC(OCc2cccc(Oc3ccccc3)c2)C1. The highest BCUT2D eigenvalue weighted by Crippen LogP contribution is 2.32. The van der Waals surface area contributed by atoms with Crippen molar-refractivity contribution in [2.75, 3.05) is 4.43 Å². The highest BCUT2D eigenvalue weighted by Gasteiger charge is 2.28. The van der Waals surface area contributed by atoms with E-state index in [1.54, 1.807) is 0 Å². The van der Waals surface area contributed by atoms with Crippen molar-refractivity contribution >= 4 is 22.6 Å². The smallest absolute Gasteiger partial charge is 0.127 e. The van der Waals surface area contributed by atoms with Crippen LogP contribution in [0, 0.1) is 5.92 Å². The second-order valence-electron chi connectivity index (χ2n) is 5.49. The number of rotatable bonds is 6. The summed E-state index contributed by atoms with van der Waals surface area (Å²) in [5.41, 5.74) is 1.17. The molecule has 2 aromatic carbocycles. The minimum atomic E-state index is 0.448. The third-order valence-corrected chi connectivity index (χ3v) is 5.02. The molecule has 3 heteroatoms. The molecule has 0 amide bonds. The van der Waals surface area contributed by atoms with Gasteiger partial charge < -0.3 is 9.47 Å². The van der Waals surface area contributed by atoms with Crippen LogP contribution in [-0.4, -0.2) is 10.5 Å². The van der Waals surface area contributed by atoms with E-state index in [0.29, 0.717) is 12.7 Å². The van der Waals surface area contributed by atoms with E-state index in [0.717, 1.165) is 17.4 Å². The maximum Gasteiger partial charge on any atom is 0.127 e. The number of para-hydroxylation sites is 1. The van der Waals surface area contributed by atoms with Crippen LogP contribution in [0.4, 0.5) is 0 Å². The minimum absolute atomic E-state index is 0.448. The zero-order chi connectivity index (χ0) is 14.5. The van der Waals surface area contributed by atoms with Crippen molar-refractivity contribution in [2.45, 2.75) is 25.6 Å². The minimum Gasteiger partial charge on any atom is -0.457 e. The van der Waals surface area contributed by atoms with Crippen LogP contribution in [0.3, 0.4) is 0 Å². The van der Waals surface area contributed by atoms with Gasteiger partial charge in [0.2, 0.25) is 0 Å². The predicted octanol–water partition coefficient (Wildman–Crippen LogP) is 5.21. The van der Waals surface area contributed by atoms with Crippen LogP contribution in [0.5, 0.6) is 11.5 Å². The molecule has 110 valence electrons. The summed E-state index contributed by atoms with van der Waals surface area (Å²) in [4.78, 5) is 0. The molecule has 0 atom stereocenters. The fourth-order valence-electron chi connectivity index (χ4n) is 2.47. The first-order valence-electron chi connectivity index (χ1n) is 7.33. The molecule has 0 spiro atoms. The molecule has 1 aliphatic rings. The Morgan fingerprint density at radius 2 is 1.71 bits per heavy atom. The fraction of sp³-hybridized carbons (Fsp3) is 0.333. The first-order chi connectivity index (χ1) is 10.3. The summed E-state index contributed by atoms with van der Waals surface area (Å²) in [5.74, 6) is 2.59. The van der Waals surface area contributed by atoms with E-state index in [2.05, 4.69) is 34.7 Å². The largest absolute Gasteiger partial charge is 0.457 e. The van der Waals surface area contributed by atoms with E-state index >= 15 is 0 Å². The van der Waals surface area contributed by atoms with Crippen LogP contribution in [0.1, 0.15) is 18.4 Å². The van der Waals surface area contributed by atoms with Gasteiger partial charge in [0.25, 0.3) is 0 Å². The van der Waals surface area contributed by atoms with Crippen molar-refractivity contribution in [1.29, 1.82) is 0 Å². The predicted molar refractivity (Wildman–Crippen MR) is 93.1 cm³/mol. The Hall–Kier alpha value is -1.07. The van der Waals surface area contributed by atoms with Gasteiger partial charge in [-0.05, 0) is 48.6 Å². The number of benzene rings is 2. The van der Waals surface area contributed by atoms with Crippen LogP contribution < -0.4 is 4.74 Å². The Balaban J connectivity index is 1.54. The van der Waals surface area contributed by atoms with Crippen molar-refractivity contribution in [3.63, 3.8) is 0 Å². The molecule has 1 saturated carbocycles. The van der Waals surface area contributed by atoms with E-state index in [4.69, 9.17) is 9.47 Å². The number of alkyl halides is 1. The first kappa shape index (κ1) is 14.9. The van der Waals surface area contributed by atoms with E-state index in [-0.39, 0.29) is 0 Å². The molecule has 0 heterocycles. The molecule has 0 aromatic heterocycles. The standard InChI is InChI=1S/C18H19IO2/c19-12-15-10-18(11-15)20-13-14-5-4-8-17(9-14)21-16-6-2-1-3-7-16/h1-9,15,18H,10-13H2. The summed E-state index contributed by atoms with van der Waals surface area (Å²) < 4.78 is 13.0. The maximum absolute atomic E-state index is 5.94. The summed E-state index contributed by atoms with van der Waals surface area (Å²) in [6.07, 6.45) is 2.87. The quantitative estimate of drug-likeness (QED) is 0.495. The molecule has 0 aliphatic heterocycles. The van der Waals surface area contributed by atoms with Crippen molar-refractivity contribution in [1.82, 2.24) is 0 Å². The van der Waals surface area contributed by atoms with Gasteiger partial charge >= 0.3 is 0 Å². The van der Waals surface area contributed by atoms with Crippen LogP contribution >= 0.6 is 22.6 Å². The van der Waals surface area contributed by atoms with Gasteiger partial charge in [-0.3, -0.25) is 0 Å². The van der Waals surface area contributed by atoms with Crippen LogP contribution in [0.15, 0.2) is 54.6 Å². The van der Waals surface area contributed by atoms with Gasteiger partial charge in [-0.15, -0.1) is 0 Å². The van der Waals surface area contributed by atoms with Crippen LogP contribution in [0.2, 0.25) is 0 Å². The number of halogens is 1. The van der Waals surface area contributed by atoms with Crippen molar-refractivity contribution in [3.05, 3.63) is 60.2 Å². The molecular formula is C18H19IO2. The molecule has 3 rings (SSSR count). The normalized spacial score (nSPS) is 20.8. The summed E-state index contributed by atoms with van der Waals surface area (Å²) in [6.45, 7) is 0.671. The second-order valence-corrected chi connectivity index (χ2v) is 6.37. The zero-order valence-corrected chi connectivity index (χ0v) is 14.0. The average molecular weight is 394 g/mol. The number of hydrogen-bond donors (Lipinski definition) is 0. The molecule has 2 nitrogen and oxygen atoms in total. The molecule has 1 fully saturated rings. The lowest BCUT2D eigenvalue weighted by molar-refractivity contribution is -0.0333. The lowest BCUT2D eigenvalue weighted by Crippen LogP contribution is -2.31. The molecule has 1 aliphatic carbocycles. The molecule has 2 aromatic rings. The lowest BCUT2D eigenvalue weighted by atomic mass is 9.84. The Kier molecular flexibility index (Phi) is 5.14. The Morgan fingerprint density at radius 3 is 2.48 bits per heavy atom. The Labute approximate surface area is 139 Å². The van der Waals surface area contributed by atoms with Crippen LogP contribution in [0.25, 0.3) is 0 Å². The lowest BCUT2D eigenvalue weighted by Gasteiger charge is -2.33. The van der Waals surface area contributed by atoms with Gasteiger partial charge in [0, 0.05) is 4.43 Å². The van der Waals surface area contributed by atoms with Gasteiger partial charge in [-0.1, -0.05) is 52.9 Å². The molecule has 21 heavy (non-hydrogen) atoms. The summed E-state index contributed by atoms with van der Waals surface area (Å²) >= 11 is 2.46. The second kappa shape index (κ2) is 7.27. The first-order valence-corrected chi connectivity index (χ1v) is 8.85. The van der Waals surface area contributed by atoms with E-state index in [1.807, 2.05) is 42.5 Å². The highest BCUT2D eigenvalue weighted by atomic mass is 127.